The molecule has 26 heavy (non-hydrogen) atoms. The molecule has 7 heteroatoms. The fourth-order valence-corrected chi connectivity index (χ4v) is 3.03. The number of carbonyl (C=O) groups is 2. The van der Waals surface area contributed by atoms with E-state index in [9.17, 15) is 14.9 Å². The summed E-state index contributed by atoms with van der Waals surface area (Å²) in [5.74, 6) is 0. The molecule has 0 bridgehead atoms. The first-order chi connectivity index (χ1) is 12.6. The maximum Gasteiger partial charge on any atom is 0.330 e. The summed E-state index contributed by atoms with van der Waals surface area (Å²) in [5, 5.41) is 14.9. The SMILES string of the molecule is CCNC(=O)N1C(=O)NC(C)=C(C#N)C1c1cccc(-c2ccc[nH]2)c1. The minimum Gasteiger partial charge on any atom is -0.361 e. The Balaban J connectivity index is 2.12. The molecule has 0 radical (unpaired) electrons. The lowest BCUT2D eigenvalue weighted by molar-refractivity contribution is 0.173. The van der Waals surface area contributed by atoms with Crippen LogP contribution in [0.3, 0.4) is 0 Å². The maximum atomic E-state index is 12.5. The molecule has 1 aromatic carbocycles. The van der Waals surface area contributed by atoms with E-state index in [0.29, 0.717) is 23.4 Å². The Morgan fingerprint density at radius 3 is 2.81 bits per heavy atom. The largest absolute Gasteiger partial charge is 0.361 e. The van der Waals surface area contributed by atoms with Gasteiger partial charge in [-0.25, -0.2) is 14.5 Å². The first kappa shape index (κ1) is 17.3. The van der Waals surface area contributed by atoms with Crippen molar-refractivity contribution in [3.05, 3.63) is 59.4 Å². The number of H-pyrrole nitrogens is 1. The van der Waals surface area contributed by atoms with Crippen molar-refractivity contribution in [3.63, 3.8) is 0 Å². The summed E-state index contributed by atoms with van der Waals surface area (Å²) < 4.78 is 0. The average molecular weight is 349 g/mol. The predicted molar refractivity (Wildman–Crippen MR) is 96.7 cm³/mol. The lowest BCUT2D eigenvalue weighted by atomic mass is 9.93. The van der Waals surface area contributed by atoms with Gasteiger partial charge < -0.3 is 15.6 Å². The number of nitriles is 1. The van der Waals surface area contributed by atoms with E-state index in [1.165, 1.54) is 0 Å². The first-order valence-corrected chi connectivity index (χ1v) is 8.29. The molecule has 1 aromatic heterocycles. The molecule has 0 saturated heterocycles. The number of aromatic nitrogens is 1. The number of urea groups is 2. The molecule has 1 aliphatic heterocycles. The molecular weight excluding hydrogens is 330 g/mol. The van der Waals surface area contributed by atoms with E-state index in [4.69, 9.17) is 0 Å². The van der Waals surface area contributed by atoms with Crippen molar-refractivity contribution < 1.29 is 9.59 Å². The Labute approximate surface area is 151 Å². The minimum atomic E-state index is -0.782. The van der Waals surface area contributed by atoms with Crippen LogP contribution in [-0.2, 0) is 0 Å². The van der Waals surface area contributed by atoms with Gasteiger partial charge in [-0.15, -0.1) is 0 Å². The third kappa shape index (κ3) is 3.05. The Kier molecular flexibility index (Phi) is 4.76. The third-order valence-corrected chi connectivity index (χ3v) is 4.23. The molecule has 0 saturated carbocycles. The summed E-state index contributed by atoms with van der Waals surface area (Å²) in [5.41, 5.74) is 3.29. The average Bonchev–Trinajstić information content (AvgIpc) is 3.16. The van der Waals surface area contributed by atoms with Crippen LogP contribution >= 0.6 is 0 Å². The van der Waals surface area contributed by atoms with E-state index in [0.717, 1.165) is 16.2 Å². The molecule has 1 atom stereocenters. The van der Waals surface area contributed by atoms with Crippen LogP contribution in [0, 0.1) is 11.3 Å². The second kappa shape index (κ2) is 7.15. The van der Waals surface area contributed by atoms with Crippen molar-refractivity contribution in [2.75, 3.05) is 6.54 Å². The zero-order valence-corrected chi connectivity index (χ0v) is 14.5. The van der Waals surface area contributed by atoms with Crippen LogP contribution in [0.25, 0.3) is 11.3 Å². The Hall–Kier alpha value is -3.53. The number of imide groups is 1. The highest BCUT2D eigenvalue weighted by Gasteiger charge is 2.38. The molecule has 0 fully saturated rings. The van der Waals surface area contributed by atoms with E-state index in [1.54, 1.807) is 13.8 Å². The van der Waals surface area contributed by atoms with Crippen molar-refractivity contribution in [1.29, 1.82) is 5.26 Å². The van der Waals surface area contributed by atoms with Gasteiger partial charge in [0.1, 0.15) is 6.04 Å². The molecule has 7 nitrogen and oxygen atoms in total. The highest BCUT2D eigenvalue weighted by Crippen LogP contribution is 2.34. The monoisotopic (exact) mass is 349 g/mol. The number of aromatic amines is 1. The van der Waals surface area contributed by atoms with Gasteiger partial charge in [-0.1, -0.05) is 18.2 Å². The Bertz CT molecular complexity index is 908. The van der Waals surface area contributed by atoms with E-state index in [2.05, 4.69) is 21.7 Å². The van der Waals surface area contributed by atoms with E-state index >= 15 is 0 Å². The molecule has 4 amide bonds. The topological polar surface area (TPSA) is 101 Å². The van der Waals surface area contributed by atoms with Gasteiger partial charge in [-0.05, 0) is 43.2 Å². The second-order valence-corrected chi connectivity index (χ2v) is 5.90. The molecule has 0 spiro atoms. The van der Waals surface area contributed by atoms with Crippen molar-refractivity contribution in [2.24, 2.45) is 0 Å². The fraction of sp³-hybridized carbons (Fsp3) is 0.211. The summed E-state index contributed by atoms with van der Waals surface area (Å²) >= 11 is 0. The Morgan fingerprint density at radius 2 is 2.15 bits per heavy atom. The highest BCUT2D eigenvalue weighted by molar-refractivity contribution is 5.96. The van der Waals surface area contributed by atoms with Crippen molar-refractivity contribution in [3.8, 4) is 17.3 Å². The number of rotatable bonds is 3. The van der Waals surface area contributed by atoms with Gasteiger partial charge in [0.15, 0.2) is 0 Å². The predicted octanol–water partition coefficient (Wildman–Crippen LogP) is 3.28. The number of nitrogens with one attached hydrogen (secondary N) is 3. The number of amides is 4. The van der Waals surface area contributed by atoms with Crippen molar-refractivity contribution in [2.45, 2.75) is 19.9 Å². The van der Waals surface area contributed by atoms with E-state index in [-0.39, 0.29) is 0 Å². The van der Waals surface area contributed by atoms with Crippen LogP contribution < -0.4 is 10.6 Å². The smallest absolute Gasteiger partial charge is 0.330 e. The molecule has 3 N–H and O–H groups in total. The summed E-state index contributed by atoms with van der Waals surface area (Å²) in [6.45, 7) is 3.81. The number of nitrogens with zero attached hydrogens (tertiary/aromatic N) is 2. The quantitative estimate of drug-likeness (QED) is 0.792. The molecule has 2 aromatic rings. The number of allylic oxidation sites excluding steroid dienone is 1. The molecule has 1 unspecified atom stereocenters. The summed E-state index contributed by atoms with van der Waals surface area (Å²) in [6, 6.07) is 11.6. The van der Waals surface area contributed by atoms with Gasteiger partial charge in [-0.3, -0.25) is 0 Å². The molecule has 132 valence electrons. The lowest BCUT2D eigenvalue weighted by Gasteiger charge is -2.35. The number of hydrogen-bond acceptors (Lipinski definition) is 3. The van der Waals surface area contributed by atoms with Crippen LogP contribution in [-0.4, -0.2) is 28.5 Å². The molecule has 2 heterocycles. The van der Waals surface area contributed by atoms with Gasteiger partial charge in [0, 0.05) is 24.1 Å². The van der Waals surface area contributed by atoms with Crippen LogP contribution in [0.1, 0.15) is 25.5 Å². The second-order valence-electron chi connectivity index (χ2n) is 5.90. The van der Waals surface area contributed by atoms with Crippen LogP contribution in [0.15, 0.2) is 53.9 Å². The van der Waals surface area contributed by atoms with Crippen LogP contribution in [0.2, 0.25) is 0 Å². The van der Waals surface area contributed by atoms with Crippen LogP contribution in [0.5, 0.6) is 0 Å². The Morgan fingerprint density at radius 1 is 1.35 bits per heavy atom. The fourth-order valence-electron chi connectivity index (χ4n) is 3.03. The first-order valence-electron chi connectivity index (χ1n) is 8.29. The van der Waals surface area contributed by atoms with Crippen molar-refractivity contribution in [1.82, 2.24) is 20.5 Å². The zero-order chi connectivity index (χ0) is 18.7. The van der Waals surface area contributed by atoms with Gasteiger partial charge >= 0.3 is 12.1 Å². The summed E-state index contributed by atoms with van der Waals surface area (Å²) in [4.78, 5) is 29.2. The normalized spacial score (nSPS) is 16.9. The number of hydrogen-bond donors (Lipinski definition) is 3. The lowest BCUT2D eigenvalue weighted by Crippen LogP contribution is -2.53. The van der Waals surface area contributed by atoms with Gasteiger partial charge in [0.05, 0.1) is 11.6 Å². The maximum absolute atomic E-state index is 12.5. The number of benzene rings is 1. The summed E-state index contributed by atoms with van der Waals surface area (Å²) in [6.07, 6.45) is 1.82. The molecule has 1 aliphatic rings. The van der Waals surface area contributed by atoms with E-state index < -0.39 is 18.1 Å². The standard InChI is InChI=1S/C19H19N5O2/c1-3-21-18(25)24-17(15(11-20)12(2)23-19(24)26)14-7-4-6-13(10-14)16-8-5-9-22-16/h4-10,17,22H,3H2,1-2H3,(H,21,25)(H,23,26). The molecule has 0 aliphatic carbocycles. The minimum absolute atomic E-state index is 0.333. The summed E-state index contributed by atoms with van der Waals surface area (Å²) in [7, 11) is 0. The number of carbonyl (C=O) groups excluding carboxylic acids is 2. The van der Waals surface area contributed by atoms with Gasteiger partial charge in [0.25, 0.3) is 0 Å². The van der Waals surface area contributed by atoms with Gasteiger partial charge in [0.2, 0.25) is 0 Å². The third-order valence-electron chi connectivity index (χ3n) is 4.23. The zero-order valence-electron chi connectivity index (χ0n) is 14.5. The van der Waals surface area contributed by atoms with Crippen molar-refractivity contribution >= 4 is 12.1 Å². The van der Waals surface area contributed by atoms with Gasteiger partial charge in [-0.2, -0.15) is 5.26 Å². The molecule has 3 rings (SSSR count). The molecular formula is C19H19N5O2. The highest BCUT2D eigenvalue weighted by atomic mass is 16.2. The van der Waals surface area contributed by atoms with Crippen LogP contribution in [0.4, 0.5) is 9.59 Å². The van der Waals surface area contributed by atoms with E-state index in [1.807, 2.05) is 42.6 Å².